The number of benzene rings is 2. The van der Waals surface area contributed by atoms with E-state index in [0.717, 1.165) is 10.9 Å². The van der Waals surface area contributed by atoms with Crippen LogP contribution < -0.4 is 10.1 Å². The lowest BCUT2D eigenvalue weighted by Gasteiger charge is -2.19. The molecule has 6 heteroatoms. The molecule has 1 amide bonds. The molecule has 2 N–H and O–H groups in total. The molecule has 0 saturated heterocycles. The van der Waals surface area contributed by atoms with E-state index in [1.54, 1.807) is 12.1 Å². The number of H-pyrrole nitrogens is 1. The summed E-state index contributed by atoms with van der Waals surface area (Å²) in [5.41, 5.74) is 2.55. The highest BCUT2D eigenvalue weighted by atomic mass is 19.1. The first-order valence-corrected chi connectivity index (χ1v) is 8.97. The number of nitrogens with zero attached hydrogens (tertiary/aromatic N) is 1. The van der Waals surface area contributed by atoms with E-state index in [-0.39, 0.29) is 11.3 Å². The lowest BCUT2D eigenvalue weighted by molar-refractivity contribution is 0.102. The Morgan fingerprint density at radius 2 is 1.93 bits per heavy atom. The molecule has 0 aliphatic carbocycles. The van der Waals surface area contributed by atoms with Gasteiger partial charge in [0.05, 0.1) is 18.8 Å². The lowest BCUT2D eigenvalue weighted by atomic mass is 9.87. The number of hydrogen-bond donors (Lipinski definition) is 2. The second kappa shape index (κ2) is 7.78. The molecule has 1 aromatic heterocycles. The number of carbonyl (C=O) groups is 1. The summed E-state index contributed by atoms with van der Waals surface area (Å²) in [6, 6.07) is 13.0. The number of rotatable bonds is 6. The molecule has 0 atom stereocenters. The van der Waals surface area contributed by atoms with E-state index < -0.39 is 6.67 Å². The summed E-state index contributed by atoms with van der Waals surface area (Å²) >= 11 is 0. The molecular formula is C21H24FN3O2. The molecule has 3 rings (SSSR count). The highest BCUT2D eigenvalue weighted by Gasteiger charge is 2.16. The first-order chi connectivity index (χ1) is 12.9. The van der Waals surface area contributed by atoms with Crippen molar-refractivity contribution in [2.75, 3.05) is 18.6 Å². The van der Waals surface area contributed by atoms with Gasteiger partial charge >= 0.3 is 0 Å². The molecule has 0 bridgehead atoms. The van der Waals surface area contributed by atoms with Gasteiger partial charge in [-0.1, -0.05) is 32.9 Å². The Morgan fingerprint density at radius 1 is 1.19 bits per heavy atom. The van der Waals surface area contributed by atoms with E-state index in [1.807, 2.05) is 30.3 Å². The SMILES string of the molecule is CC(C)(C)c1ccc(C(=O)Nc2n[nH]c3ccc(OCCCF)cc23)cc1. The summed E-state index contributed by atoms with van der Waals surface area (Å²) in [5.74, 6) is 0.820. The fourth-order valence-electron chi connectivity index (χ4n) is 2.72. The van der Waals surface area contributed by atoms with Crippen LogP contribution in [-0.4, -0.2) is 29.4 Å². The number of aromatic nitrogens is 2. The molecule has 0 spiro atoms. The number of carbonyl (C=O) groups excluding carboxylic acids is 1. The van der Waals surface area contributed by atoms with Gasteiger partial charge in [-0.25, -0.2) is 0 Å². The summed E-state index contributed by atoms with van der Waals surface area (Å²) < 4.78 is 17.7. The van der Waals surface area contributed by atoms with Gasteiger partial charge in [0.15, 0.2) is 5.82 Å². The van der Waals surface area contributed by atoms with Crippen LogP contribution >= 0.6 is 0 Å². The van der Waals surface area contributed by atoms with Gasteiger partial charge in [0.1, 0.15) is 5.75 Å². The second-order valence-electron chi connectivity index (χ2n) is 7.45. The summed E-state index contributed by atoms with van der Waals surface area (Å²) in [6.07, 6.45) is 0.345. The maximum absolute atomic E-state index is 12.6. The second-order valence-corrected chi connectivity index (χ2v) is 7.45. The predicted octanol–water partition coefficient (Wildman–Crippen LogP) is 4.85. The van der Waals surface area contributed by atoms with Crippen molar-refractivity contribution in [2.24, 2.45) is 0 Å². The van der Waals surface area contributed by atoms with Crippen molar-refractivity contribution in [1.82, 2.24) is 10.2 Å². The quantitative estimate of drug-likeness (QED) is 0.610. The molecule has 1 heterocycles. The van der Waals surface area contributed by atoms with Gasteiger partial charge in [0, 0.05) is 17.4 Å². The van der Waals surface area contributed by atoms with Gasteiger partial charge in [-0.2, -0.15) is 5.10 Å². The monoisotopic (exact) mass is 369 g/mol. The molecule has 5 nitrogen and oxygen atoms in total. The van der Waals surface area contributed by atoms with E-state index in [4.69, 9.17) is 4.74 Å². The Hall–Kier alpha value is -2.89. The number of hydrogen-bond acceptors (Lipinski definition) is 3. The molecule has 0 fully saturated rings. The van der Waals surface area contributed by atoms with Crippen molar-refractivity contribution in [2.45, 2.75) is 32.6 Å². The summed E-state index contributed by atoms with van der Waals surface area (Å²) in [6.45, 7) is 6.28. The smallest absolute Gasteiger partial charge is 0.256 e. The molecule has 2 aromatic carbocycles. The van der Waals surface area contributed by atoms with E-state index in [0.29, 0.717) is 30.2 Å². The normalized spacial score (nSPS) is 11.6. The van der Waals surface area contributed by atoms with Gasteiger partial charge in [0.25, 0.3) is 5.91 Å². The third-order valence-electron chi connectivity index (χ3n) is 4.33. The third kappa shape index (κ3) is 4.45. The number of fused-ring (bicyclic) bond motifs is 1. The van der Waals surface area contributed by atoms with Crippen LogP contribution in [0.3, 0.4) is 0 Å². The van der Waals surface area contributed by atoms with Gasteiger partial charge in [0.2, 0.25) is 0 Å². The summed E-state index contributed by atoms with van der Waals surface area (Å²) in [4.78, 5) is 12.6. The number of anilines is 1. The van der Waals surface area contributed by atoms with Crippen LogP contribution in [-0.2, 0) is 5.41 Å². The number of aromatic amines is 1. The Kier molecular flexibility index (Phi) is 5.44. The Bertz CT molecular complexity index is 927. The van der Waals surface area contributed by atoms with Crippen LogP contribution in [0.5, 0.6) is 5.75 Å². The highest BCUT2D eigenvalue weighted by Crippen LogP contribution is 2.26. The first kappa shape index (κ1) is 18.9. The zero-order valence-electron chi connectivity index (χ0n) is 15.8. The Morgan fingerprint density at radius 3 is 2.59 bits per heavy atom. The molecule has 0 radical (unpaired) electrons. The topological polar surface area (TPSA) is 67.0 Å². The lowest BCUT2D eigenvalue weighted by Crippen LogP contribution is -2.14. The van der Waals surface area contributed by atoms with Crippen LogP contribution in [0.2, 0.25) is 0 Å². The van der Waals surface area contributed by atoms with E-state index >= 15 is 0 Å². The fraction of sp³-hybridized carbons (Fsp3) is 0.333. The molecule has 3 aromatic rings. The first-order valence-electron chi connectivity index (χ1n) is 8.97. The van der Waals surface area contributed by atoms with Crippen LogP contribution in [0, 0.1) is 0 Å². The summed E-state index contributed by atoms with van der Waals surface area (Å²) in [5, 5.41) is 10.7. The average Bonchev–Trinajstić information content (AvgIpc) is 3.03. The zero-order valence-corrected chi connectivity index (χ0v) is 15.8. The molecule has 27 heavy (non-hydrogen) atoms. The van der Waals surface area contributed by atoms with Gasteiger partial charge < -0.3 is 10.1 Å². The standard InChI is InChI=1S/C21H24FN3O2/c1-21(2,3)15-7-5-14(6-8-15)20(26)23-19-17-13-16(27-12-4-11-22)9-10-18(17)24-25-19/h5-10,13H,4,11-12H2,1-3H3,(H2,23,24,25,26). The molecule has 0 aliphatic rings. The maximum atomic E-state index is 12.6. The van der Waals surface area contributed by atoms with Crippen molar-refractivity contribution in [3.05, 3.63) is 53.6 Å². The highest BCUT2D eigenvalue weighted by molar-refractivity contribution is 6.08. The number of amides is 1. The maximum Gasteiger partial charge on any atom is 0.256 e. The van der Waals surface area contributed by atoms with E-state index in [1.165, 1.54) is 5.56 Å². The molecule has 142 valence electrons. The minimum Gasteiger partial charge on any atom is -0.493 e. The Balaban J connectivity index is 1.77. The molecule has 0 saturated carbocycles. The van der Waals surface area contributed by atoms with E-state index in [2.05, 4.69) is 36.3 Å². The van der Waals surface area contributed by atoms with Crippen LogP contribution in [0.25, 0.3) is 10.9 Å². The predicted molar refractivity (Wildman–Crippen MR) is 105 cm³/mol. The fourth-order valence-corrected chi connectivity index (χ4v) is 2.72. The Labute approximate surface area is 157 Å². The molecular weight excluding hydrogens is 345 g/mol. The van der Waals surface area contributed by atoms with Crippen molar-refractivity contribution < 1.29 is 13.9 Å². The van der Waals surface area contributed by atoms with Crippen molar-refractivity contribution in [1.29, 1.82) is 0 Å². The third-order valence-corrected chi connectivity index (χ3v) is 4.33. The number of alkyl halides is 1. The van der Waals surface area contributed by atoms with E-state index in [9.17, 15) is 9.18 Å². The molecule has 0 unspecified atom stereocenters. The minimum absolute atomic E-state index is 0.0337. The van der Waals surface area contributed by atoms with Gasteiger partial charge in [-0.3, -0.25) is 14.3 Å². The number of nitrogens with one attached hydrogen (secondary N) is 2. The largest absolute Gasteiger partial charge is 0.493 e. The van der Waals surface area contributed by atoms with Crippen molar-refractivity contribution in [3.63, 3.8) is 0 Å². The summed E-state index contributed by atoms with van der Waals surface area (Å²) in [7, 11) is 0. The number of ether oxygens (including phenoxy) is 1. The zero-order chi connectivity index (χ0) is 19.4. The number of halogens is 1. The minimum atomic E-state index is -0.413. The van der Waals surface area contributed by atoms with Crippen molar-refractivity contribution >= 4 is 22.6 Å². The molecule has 0 aliphatic heterocycles. The van der Waals surface area contributed by atoms with Crippen LogP contribution in [0.1, 0.15) is 43.1 Å². The van der Waals surface area contributed by atoms with Gasteiger partial charge in [-0.05, 0) is 41.3 Å². The average molecular weight is 369 g/mol. The van der Waals surface area contributed by atoms with Crippen LogP contribution in [0.4, 0.5) is 10.2 Å². The van der Waals surface area contributed by atoms with Crippen molar-refractivity contribution in [3.8, 4) is 5.75 Å². The van der Waals surface area contributed by atoms with Crippen LogP contribution in [0.15, 0.2) is 42.5 Å². The van der Waals surface area contributed by atoms with Gasteiger partial charge in [-0.15, -0.1) is 0 Å².